The van der Waals surface area contributed by atoms with Gasteiger partial charge in [-0.05, 0) is 193 Å². The number of methoxy groups -OCH3 is 3. The molecule has 0 atom stereocenters. The fourth-order valence-corrected chi connectivity index (χ4v) is 12.0. The number of hydrogen-bond donors (Lipinski definition) is 10. The Hall–Kier alpha value is -16.2. The monoisotopic (exact) mass is 1590 g/mol. The highest BCUT2D eigenvalue weighted by Gasteiger charge is 2.17. The molecule has 6 heterocycles. The zero-order valence-electron chi connectivity index (χ0n) is 65.9. The number of ether oxygens (including phenoxy) is 3. The van der Waals surface area contributed by atoms with Gasteiger partial charge in [-0.2, -0.15) is 0 Å². The molecule has 0 radical (unpaired) electrons. The number of hydrogen-bond acceptors (Lipinski definition) is 23. The third-order valence-electron chi connectivity index (χ3n) is 18.6. The second-order valence-electron chi connectivity index (χ2n) is 26.9. The van der Waals surface area contributed by atoms with E-state index in [4.69, 9.17) is 29.2 Å². The Labute approximate surface area is 693 Å². The van der Waals surface area contributed by atoms with Gasteiger partial charge < -0.3 is 66.1 Å². The van der Waals surface area contributed by atoms with Crippen molar-refractivity contribution in [2.24, 2.45) is 0 Å². The van der Waals surface area contributed by atoms with Gasteiger partial charge in [-0.15, -0.1) is 0 Å². The van der Waals surface area contributed by atoms with Gasteiger partial charge in [-0.1, -0.05) is 121 Å². The van der Waals surface area contributed by atoms with Gasteiger partial charge in [0.25, 0.3) is 0 Å². The fraction of sp³-hybridized carbons (Fsp3) is 0.0833. The SMILES string of the molecule is COc1ccc(-c2cnc(NCc3ccccc3)c(-c3ccc(OC)cc3)n2)cc1.COc1ccc(-c2cnc(NCc3ccccc3)cn2)cc1.Cc1nc2cnc(-c3ccc(O)c(O)c3)cn2c1O.Oc1ccc(-c2cnc(NCc3ccccc3)c(-c3ccc(O)cc3)n2)cc1.Oc1ccc(-c2cnc(NCc3ccccc3)cn2)cc1. The standard InChI is InChI=1S/C25H23N3O2.C23H19N3O2.C18H17N3O.C17H15N3O.C13H11N3O3/c1-29-21-12-8-19(9-13-21)23-17-27-25(26-16-18-6-4-3-5-7-18)24(28-23)20-10-14-22(30-2)15-11-20;27-19-10-6-17(7-11-19)21-15-25-23(24-14-16-4-2-1-3-5-16)22(26-21)18-8-12-20(28)13-9-18;1-22-16-9-7-15(8-10-16)17-12-21-18(13-19-17)20-11-14-5-3-2-4-6-14;21-15-8-6-14(7-9-15)16-11-20-17(12-18-16)19-10-13-4-2-1-3-5-13;1-7-13(19)16-6-9(14-5-12(16)15-7)8-2-3-10(17)11(18)4-8/h3-15,17H,16H2,1-2H3,(H,26,27);1-13,15,27-28H,14H2,(H,24,25);2-10,12-13H,11H2,1H3,(H,20,21);1-9,11-12,21H,10H2,(H,19,20);2-6,17-19H,1H3. The molecule has 0 aliphatic heterocycles. The molecule has 11 aromatic carbocycles. The summed E-state index contributed by atoms with van der Waals surface area (Å²) in [5.74, 6) is 5.65. The molecule has 10 N–H and O–H groups in total. The molecular formula is C96H85N15O9. The van der Waals surface area contributed by atoms with Crippen LogP contribution in [-0.2, 0) is 26.2 Å². The Bertz CT molecular complexity index is 6080. The minimum Gasteiger partial charge on any atom is -0.508 e. The zero-order valence-corrected chi connectivity index (χ0v) is 65.9. The number of fused-ring (bicyclic) bond motifs is 1. The van der Waals surface area contributed by atoms with E-state index in [0.29, 0.717) is 59.4 Å². The minimum atomic E-state index is -0.217. The number of benzene rings is 11. The number of aromatic nitrogens is 11. The fourth-order valence-electron chi connectivity index (χ4n) is 12.0. The van der Waals surface area contributed by atoms with Gasteiger partial charge in [0.1, 0.15) is 63.2 Å². The molecule has 24 heteroatoms. The van der Waals surface area contributed by atoms with Crippen LogP contribution in [0.25, 0.3) is 84.4 Å². The van der Waals surface area contributed by atoms with Crippen LogP contribution in [0.5, 0.6) is 51.9 Å². The molecule has 0 unspecified atom stereocenters. The summed E-state index contributed by atoms with van der Waals surface area (Å²) in [5, 5.41) is 70.3. The van der Waals surface area contributed by atoms with E-state index < -0.39 is 0 Å². The molecule has 598 valence electrons. The first-order valence-corrected chi connectivity index (χ1v) is 38.0. The summed E-state index contributed by atoms with van der Waals surface area (Å²) in [6.45, 7) is 4.44. The largest absolute Gasteiger partial charge is 0.508 e. The highest BCUT2D eigenvalue weighted by molar-refractivity contribution is 5.77. The van der Waals surface area contributed by atoms with E-state index in [0.717, 1.165) is 103 Å². The molecule has 0 saturated heterocycles. The summed E-state index contributed by atoms with van der Waals surface area (Å²) < 4.78 is 17.2. The number of imidazole rings is 1. The molecule has 0 aliphatic rings. The van der Waals surface area contributed by atoms with Gasteiger partial charge in [0.2, 0.25) is 5.88 Å². The van der Waals surface area contributed by atoms with Crippen LogP contribution in [0.1, 0.15) is 27.9 Å². The zero-order chi connectivity index (χ0) is 83.4. The maximum absolute atomic E-state index is 9.85. The van der Waals surface area contributed by atoms with Crippen molar-refractivity contribution in [1.82, 2.24) is 54.2 Å². The third kappa shape index (κ3) is 22.6. The molecule has 0 amide bonds. The Kier molecular flexibility index (Phi) is 27.7. The first-order chi connectivity index (χ1) is 58.7. The van der Waals surface area contributed by atoms with Crippen LogP contribution in [-0.4, -0.2) is 106 Å². The van der Waals surface area contributed by atoms with Gasteiger partial charge in [0, 0.05) is 71.3 Å². The minimum absolute atomic E-state index is 0.0571. The van der Waals surface area contributed by atoms with Crippen LogP contribution >= 0.6 is 0 Å². The smallest absolute Gasteiger partial charge is 0.219 e. The number of phenolic OH excluding ortho intramolecular Hbond substituents is 5. The molecule has 120 heavy (non-hydrogen) atoms. The summed E-state index contributed by atoms with van der Waals surface area (Å²) in [5.41, 5.74) is 17.2. The van der Waals surface area contributed by atoms with Crippen molar-refractivity contribution in [2.45, 2.75) is 33.1 Å². The highest BCUT2D eigenvalue weighted by atomic mass is 16.5. The molecule has 0 aliphatic carbocycles. The summed E-state index contributed by atoms with van der Waals surface area (Å²) in [6, 6.07) is 89.1. The number of rotatable bonds is 22. The Balaban J connectivity index is 0.000000131. The number of nitrogens with zero attached hydrogens (tertiary/aromatic N) is 11. The second kappa shape index (κ2) is 40.7. The number of nitrogens with one attached hydrogen (secondary N) is 4. The Morgan fingerprint density at radius 2 is 0.617 bits per heavy atom. The number of aryl methyl sites for hydroxylation is 1. The molecular weight excluding hydrogens is 1510 g/mol. The van der Waals surface area contributed by atoms with E-state index in [1.807, 2.05) is 182 Å². The predicted molar refractivity (Wildman–Crippen MR) is 469 cm³/mol. The lowest BCUT2D eigenvalue weighted by Gasteiger charge is -2.13. The van der Waals surface area contributed by atoms with Crippen LogP contribution in [0.2, 0.25) is 0 Å². The lowest BCUT2D eigenvalue weighted by molar-refractivity contribution is 0.404. The molecule has 17 aromatic rings. The van der Waals surface area contributed by atoms with E-state index in [9.17, 15) is 30.6 Å². The molecule has 0 bridgehead atoms. The van der Waals surface area contributed by atoms with Crippen molar-refractivity contribution in [1.29, 1.82) is 0 Å². The van der Waals surface area contributed by atoms with E-state index in [1.54, 1.807) is 126 Å². The number of aromatic hydroxyl groups is 6. The van der Waals surface area contributed by atoms with E-state index in [1.165, 1.54) is 39.4 Å². The van der Waals surface area contributed by atoms with Crippen molar-refractivity contribution >= 4 is 28.9 Å². The summed E-state index contributed by atoms with van der Waals surface area (Å²) >= 11 is 0. The molecule has 0 saturated carbocycles. The number of anilines is 4. The summed E-state index contributed by atoms with van der Waals surface area (Å²) in [7, 11) is 4.97. The lowest BCUT2D eigenvalue weighted by Crippen LogP contribution is -2.05. The van der Waals surface area contributed by atoms with E-state index in [-0.39, 0.29) is 34.6 Å². The molecule has 0 spiro atoms. The molecule has 0 fully saturated rings. The topological polar surface area (TPSA) is 330 Å². The van der Waals surface area contributed by atoms with Crippen molar-refractivity contribution in [3.05, 3.63) is 363 Å². The van der Waals surface area contributed by atoms with Crippen molar-refractivity contribution in [3.63, 3.8) is 0 Å². The molecule has 17 rings (SSSR count). The Morgan fingerprint density at radius 3 is 0.975 bits per heavy atom. The van der Waals surface area contributed by atoms with Crippen LogP contribution < -0.4 is 35.5 Å². The average molecular weight is 1590 g/mol. The quantitative estimate of drug-likeness (QED) is 0.0282. The third-order valence-corrected chi connectivity index (χ3v) is 18.6. The van der Waals surface area contributed by atoms with Crippen LogP contribution in [0.4, 0.5) is 23.3 Å². The molecule has 6 aromatic heterocycles. The van der Waals surface area contributed by atoms with Crippen LogP contribution in [0, 0.1) is 6.92 Å². The van der Waals surface area contributed by atoms with Gasteiger partial charge in [0.05, 0.1) is 93.2 Å². The van der Waals surface area contributed by atoms with Crippen LogP contribution in [0.15, 0.2) is 335 Å². The maximum atomic E-state index is 9.85. The first-order valence-electron chi connectivity index (χ1n) is 38.0. The molecule has 24 nitrogen and oxygen atoms in total. The summed E-state index contributed by atoms with van der Waals surface area (Å²) in [4.78, 5) is 45.0. The van der Waals surface area contributed by atoms with Gasteiger partial charge in [0.15, 0.2) is 28.8 Å². The lowest BCUT2D eigenvalue weighted by atomic mass is 10.1. The highest BCUT2D eigenvalue weighted by Crippen LogP contribution is 2.35. The van der Waals surface area contributed by atoms with E-state index in [2.05, 4.69) is 92.6 Å². The summed E-state index contributed by atoms with van der Waals surface area (Å²) in [6.07, 6.45) is 13.6. The second-order valence-corrected chi connectivity index (χ2v) is 26.9. The van der Waals surface area contributed by atoms with Crippen molar-refractivity contribution in [3.8, 4) is 131 Å². The van der Waals surface area contributed by atoms with Crippen LogP contribution in [0.3, 0.4) is 0 Å². The number of phenols is 5. The normalized spacial score (nSPS) is 10.5. The maximum Gasteiger partial charge on any atom is 0.219 e. The average Bonchev–Trinajstić information content (AvgIpc) is 1.06. The van der Waals surface area contributed by atoms with Crippen molar-refractivity contribution < 1.29 is 44.8 Å². The predicted octanol–water partition coefficient (Wildman–Crippen LogP) is 19.3. The van der Waals surface area contributed by atoms with Gasteiger partial charge >= 0.3 is 0 Å². The first kappa shape index (κ1) is 81.8. The van der Waals surface area contributed by atoms with Gasteiger partial charge in [-0.3, -0.25) is 19.4 Å². The van der Waals surface area contributed by atoms with Crippen molar-refractivity contribution in [2.75, 3.05) is 42.6 Å². The Morgan fingerprint density at radius 1 is 0.292 bits per heavy atom. The van der Waals surface area contributed by atoms with Gasteiger partial charge in [-0.25, -0.2) is 34.9 Å². The van der Waals surface area contributed by atoms with E-state index >= 15 is 0 Å².